The van der Waals surface area contributed by atoms with Crippen LogP contribution in [0.15, 0.2) is 16.7 Å². The Kier molecular flexibility index (Phi) is 5.42. The lowest BCUT2D eigenvalue weighted by Gasteiger charge is -2.55. The number of rotatable bonds is 7. The van der Waals surface area contributed by atoms with E-state index in [2.05, 4.69) is 10.3 Å². The molecule has 146 valence electrons. The maximum Gasteiger partial charge on any atom is 0.352 e. The first kappa shape index (κ1) is 19.6. The van der Waals surface area contributed by atoms with Gasteiger partial charge in [-0.05, 0) is 5.57 Å². The number of thioether (sulfide) groups is 1. The summed E-state index contributed by atoms with van der Waals surface area (Å²) in [5.41, 5.74) is 4.78. The lowest BCUT2D eigenvalue weighted by Crippen LogP contribution is -2.80. The molecule has 0 bridgehead atoms. The van der Waals surface area contributed by atoms with E-state index >= 15 is 0 Å². The predicted octanol–water partition coefficient (Wildman–Crippen LogP) is -0.373. The van der Waals surface area contributed by atoms with Crippen LogP contribution >= 0.6 is 23.1 Å². The number of aliphatic carboxylic acids is 1. The molecule has 27 heavy (non-hydrogen) atoms. The average molecular weight is 414 g/mol. The number of nitrogens with one attached hydrogen (secondary N) is 1. The van der Waals surface area contributed by atoms with Gasteiger partial charge in [-0.3, -0.25) is 14.5 Å². The average Bonchev–Trinajstić information content (AvgIpc) is 3.03. The fraction of sp³-hybridized carbons (Fsp3) is 0.467. The lowest BCUT2D eigenvalue weighted by atomic mass is 9.98. The number of thiazole rings is 1. The SMILES string of the molecule is COCC1=C(C(=O)O)N2C(=O)[C@](NC(=O)Cc3csc(N)n3)(OC)[C@H]2SC1. The monoisotopic (exact) mass is 414 g/mol. The Morgan fingerprint density at radius 3 is 2.81 bits per heavy atom. The number of amides is 2. The van der Waals surface area contributed by atoms with Crippen LogP contribution in [0.1, 0.15) is 5.69 Å². The molecule has 2 amide bonds. The highest BCUT2D eigenvalue weighted by Crippen LogP contribution is 2.46. The Bertz CT molecular complexity index is 825. The van der Waals surface area contributed by atoms with Crippen molar-refractivity contribution in [3.05, 3.63) is 22.3 Å². The first-order chi connectivity index (χ1) is 12.8. The number of nitrogens with zero attached hydrogens (tertiary/aromatic N) is 2. The van der Waals surface area contributed by atoms with Crippen molar-refractivity contribution in [2.45, 2.75) is 17.5 Å². The van der Waals surface area contributed by atoms with Gasteiger partial charge in [-0.1, -0.05) is 0 Å². The van der Waals surface area contributed by atoms with Crippen molar-refractivity contribution in [3.8, 4) is 0 Å². The molecule has 1 saturated heterocycles. The van der Waals surface area contributed by atoms with Crippen LogP contribution in [0.2, 0.25) is 0 Å². The van der Waals surface area contributed by atoms with Crippen LogP contribution in [0.3, 0.4) is 0 Å². The van der Waals surface area contributed by atoms with Gasteiger partial charge >= 0.3 is 5.97 Å². The summed E-state index contributed by atoms with van der Waals surface area (Å²) in [5, 5.41) is 13.4. The topological polar surface area (TPSA) is 144 Å². The smallest absolute Gasteiger partial charge is 0.352 e. The number of carbonyl (C=O) groups is 3. The second-order valence-corrected chi connectivity index (χ2v) is 7.83. The molecule has 1 aromatic rings. The summed E-state index contributed by atoms with van der Waals surface area (Å²) in [6.45, 7) is 0.0999. The molecular formula is C15H18N4O6S2. The Morgan fingerprint density at radius 1 is 1.52 bits per heavy atom. The number of anilines is 1. The largest absolute Gasteiger partial charge is 0.477 e. The van der Waals surface area contributed by atoms with E-state index < -0.39 is 28.9 Å². The van der Waals surface area contributed by atoms with Crippen molar-refractivity contribution >= 4 is 46.0 Å². The Balaban J connectivity index is 1.81. The third kappa shape index (κ3) is 3.29. The van der Waals surface area contributed by atoms with E-state index in [1.165, 1.54) is 37.3 Å². The maximum absolute atomic E-state index is 12.8. The summed E-state index contributed by atoms with van der Waals surface area (Å²) in [5.74, 6) is -2.00. The molecule has 4 N–H and O–H groups in total. The third-order valence-corrected chi connectivity index (χ3v) is 6.29. The zero-order chi connectivity index (χ0) is 19.8. The van der Waals surface area contributed by atoms with Crippen molar-refractivity contribution < 1.29 is 29.0 Å². The van der Waals surface area contributed by atoms with Crippen molar-refractivity contribution in [2.75, 3.05) is 32.3 Å². The minimum Gasteiger partial charge on any atom is -0.477 e. The highest BCUT2D eigenvalue weighted by atomic mass is 32.2. The van der Waals surface area contributed by atoms with Crippen LogP contribution in [0.5, 0.6) is 0 Å². The van der Waals surface area contributed by atoms with Gasteiger partial charge < -0.3 is 25.6 Å². The Morgan fingerprint density at radius 2 is 2.26 bits per heavy atom. The van der Waals surface area contributed by atoms with Gasteiger partial charge in [0.2, 0.25) is 5.91 Å². The summed E-state index contributed by atoms with van der Waals surface area (Å²) < 4.78 is 10.4. The van der Waals surface area contributed by atoms with Gasteiger partial charge in [-0.2, -0.15) is 0 Å². The van der Waals surface area contributed by atoms with Gasteiger partial charge in [0.1, 0.15) is 11.1 Å². The molecule has 2 atom stereocenters. The molecule has 0 aliphatic carbocycles. The highest BCUT2D eigenvalue weighted by molar-refractivity contribution is 8.00. The number of β-lactam (4-membered cyclic amide) rings is 1. The molecule has 3 heterocycles. The van der Waals surface area contributed by atoms with Crippen LogP contribution in [0.4, 0.5) is 5.13 Å². The van der Waals surface area contributed by atoms with E-state index in [1.807, 2.05) is 0 Å². The van der Waals surface area contributed by atoms with E-state index in [4.69, 9.17) is 15.2 Å². The number of carbonyl (C=O) groups excluding carboxylic acids is 2. The summed E-state index contributed by atoms with van der Waals surface area (Å²) in [4.78, 5) is 42.0. The molecule has 2 aliphatic rings. The number of carboxylic acids is 1. The van der Waals surface area contributed by atoms with Crippen LogP contribution < -0.4 is 11.1 Å². The zero-order valence-electron chi connectivity index (χ0n) is 14.6. The molecule has 12 heteroatoms. The predicted molar refractivity (Wildman–Crippen MR) is 97.7 cm³/mol. The number of aromatic nitrogens is 1. The number of fused-ring (bicyclic) bond motifs is 1. The molecule has 3 rings (SSSR count). The lowest BCUT2D eigenvalue weighted by molar-refractivity contribution is -0.192. The zero-order valence-corrected chi connectivity index (χ0v) is 16.2. The van der Waals surface area contributed by atoms with Crippen molar-refractivity contribution in [1.29, 1.82) is 0 Å². The van der Waals surface area contributed by atoms with Crippen molar-refractivity contribution in [1.82, 2.24) is 15.2 Å². The molecule has 0 saturated carbocycles. The van der Waals surface area contributed by atoms with Crippen LogP contribution in [0.25, 0.3) is 0 Å². The number of hydrogen-bond acceptors (Lipinski definition) is 9. The fourth-order valence-electron chi connectivity index (χ4n) is 3.05. The van der Waals surface area contributed by atoms with Crippen LogP contribution in [-0.2, 0) is 30.3 Å². The van der Waals surface area contributed by atoms with Crippen LogP contribution in [0, 0.1) is 0 Å². The molecule has 0 aromatic carbocycles. The molecule has 10 nitrogen and oxygen atoms in total. The second-order valence-electron chi connectivity index (χ2n) is 5.87. The number of carboxylic acid groups (broad SMARTS) is 1. The number of methoxy groups -OCH3 is 2. The van der Waals surface area contributed by atoms with E-state index in [-0.39, 0.29) is 18.7 Å². The first-order valence-electron chi connectivity index (χ1n) is 7.79. The van der Waals surface area contributed by atoms with E-state index in [0.29, 0.717) is 22.2 Å². The molecule has 0 spiro atoms. The molecule has 1 fully saturated rings. The number of ether oxygens (including phenoxy) is 2. The Hall–Kier alpha value is -2.15. The van der Waals surface area contributed by atoms with Gasteiger partial charge in [0, 0.05) is 25.4 Å². The van der Waals surface area contributed by atoms with Gasteiger partial charge in [0.05, 0.1) is 18.7 Å². The van der Waals surface area contributed by atoms with Gasteiger partial charge in [0.15, 0.2) is 5.13 Å². The summed E-state index contributed by atoms with van der Waals surface area (Å²) in [6, 6.07) is 0. The van der Waals surface area contributed by atoms with Crippen molar-refractivity contribution in [3.63, 3.8) is 0 Å². The summed E-state index contributed by atoms with van der Waals surface area (Å²) in [7, 11) is 2.75. The van der Waals surface area contributed by atoms with Gasteiger partial charge in [-0.25, -0.2) is 9.78 Å². The van der Waals surface area contributed by atoms with Gasteiger partial charge in [-0.15, -0.1) is 23.1 Å². The molecule has 0 radical (unpaired) electrons. The fourth-order valence-corrected chi connectivity index (χ4v) is 5.03. The van der Waals surface area contributed by atoms with Crippen molar-refractivity contribution in [2.24, 2.45) is 0 Å². The standard InChI is InChI=1S/C15H18N4O6S2/c1-24-4-7-5-26-13-15(25-2,12(23)19(13)10(7)11(21)22)18-9(20)3-8-6-27-14(16)17-8/h6,13H,3-5H2,1-2H3,(H2,16,17)(H,18,20)(H,21,22)/t13-,15+/m1/s1. The molecule has 0 unspecified atom stereocenters. The quantitative estimate of drug-likeness (QED) is 0.402. The minimum absolute atomic E-state index is 0.0694. The number of nitrogen functional groups attached to an aromatic ring is 1. The number of nitrogens with two attached hydrogens (primary N) is 1. The van der Waals surface area contributed by atoms with E-state index in [9.17, 15) is 19.5 Å². The number of hydrogen-bond donors (Lipinski definition) is 3. The molecular weight excluding hydrogens is 396 g/mol. The normalized spacial score (nSPS) is 24.4. The minimum atomic E-state index is -1.62. The highest BCUT2D eigenvalue weighted by Gasteiger charge is 2.66. The first-order valence-corrected chi connectivity index (χ1v) is 9.72. The summed E-state index contributed by atoms with van der Waals surface area (Å²) in [6.07, 6.45) is -0.0694. The maximum atomic E-state index is 12.8. The van der Waals surface area contributed by atoms with E-state index in [1.54, 1.807) is 5.38 Å². The Labute approximate surface area is 162 Å². The third-order valence-electron chi connectivity index (χ3n) is 4.19. The van der Waals surface area contributed by atoms with E-state index in [0.717, 1.165) is 4.90 Å². The summed E-state index contributed by atoms with van der Waals surface area (Å²) >= 11 is 2.51. The molecule has 2 aliphatic heterocycles. The molecule has 1 aromatic heterocycles. The van der Waals surface area contributed by atoms with Gasteiger partial charge in [0.25, 0.3) is 11.6 Å². The van der Waals surface area contributed by atoms with Crippen LogP contribution in [-0.4, -0.2) is 70.5 Å². The second kappa shape index (κ2) is 7.46.